The fourth-order valence-electron chi connectivity index (χ4n) is 2.88. The van der Waals surface area contributed by atoms with Crippen molar-refractivity contribution in [3.63, 3.8) is 0 Å². The van der Waals surface area contributed by atoms with Crippen LogP contribution in [0.2, 0.25) is 0 Å². The molecule has 4 nitrogen and oxygen atoms in total. The number of likely N-dealkylation sites (tertiary alicyclic amines) is 1. The first-order valence-electron chi connectivity index (χ1n) is 7.28. The molecule has 1 saturated heterocycles. The number of aromatic nitrogens is 1. The fraction of sp³-hybridized carbons (Fsp3) is 0.667. The Kier molecular flexibility index (Phi) is 5.76. The molecular weight excluding hydrogens is 236 g/mol. The molecule has 2 N–H and O–H groups in total. The molecule has 1 aliphatic rings. The lowest BCUT2D eigenvalue weighted by Crippen LogP contribution is -2.39. The molecule has 1 aromatic rings. The van der Waals surface area contributed by atoms with Crippen molar-refractivity contribution in [2.75, 3.05) is 39.8 Å². The lowest BCUT2D eigenvalue weighted by atomic mass is 9.96. The van der Waals surface area contributed by atoms with E-state index in [0.29, 0.717) is 0 Å². The third-order valence-electron chi connectivity index (χ3n) is 3.92. The Morgan fingerprint density at radius 2 is 2.00 bits per heavy atom. The highest BCUT2D eigenvalue weighted by atomic mass is 15.1. The van der Waals surface area contributed by atoms with E-state index < -0.39 is 0 Å². The molecule has 106 valence electrons. The second kappa shape index (κ2) is 7.58. The van der Waals surface area contributed by atoms with E-state index in [1.165, 1.54) is 38.0 Å². The lowest BCUT2D eigenvalue weighted by Gasteiger charge is -2.33. The van der Waals surface area contributed by atoms with Crippen LogP contribution >= 0.6 is 0 Å². The van der Waals surface area contributed by atoms with Crippen molar-refractivity contribution in [1.29, 1.82) is 0 Å². The molecule has 0 saturated carbocycles. The Labute approximate surface area is 116 Å². The van der Waals surface area contributed by atoms with Gasteiger partial charge in [0, 0.05) is 38.6 Å². The molecule has 1 fully saturated rings. The average molecular weight is 262 g/mol. The zero-order chi connectivity index (χ0) is 13.5. The highest BCUT2D eigenvalue weighted by Crippen LogP contribution is 2.18. The van der Waals surface area contributed by atoms with Gasteiger partial charge in [0.15, 0.2) is 0 Å². The molecule has 0 aromatic carbocycles. The van der Waals surface area contributed by atoms with E-state index in [-0.39, 0.29) is 0 Å². The topological polar surface area (TPSA) is 45.4 Å². The van der Waals surface area contributed by atoms with E-state index in [2.05, 4.69) is 34.0 Å². The molecule has 0 radical (unpaired) electrons. The van der Waals surface area contributed by atoms with E-state index in [9.17, 15) is 0 Å². The molecule has 19 heavy (non-hydrogen) atoms. The molecule has 0 spiro atoms. The first-order chi connectivity index (χ1) is 9.28. The van der Waals surface area contributed by atoms with Crippen molar-refractivity contribution in [1.82, 2.24) is 14.8 Å². The molecule has 2 rings (SSSR count). The summed E-state index contributed by atoms with van der Waals surface area (Å²) in [7, 11) is 2.21. The predicted molar refractivity (Wildman–Crippen MR) is 78.8 cm³/mol. The minimum absolute atomic E-state index is 0.784. The predicted octanol–water partition coefficient (Wildman–Crippen LogP) is 1.18. The van der Waals surface area contributed by atoms with Gasteiger partial charge in [0.1, 0.15) is 0 Å². The third-order valence-corrected chi connectivity index (χ3v) is 3.92. The first-order valence-corrected chi connectivity index (χ1v) is 7.28. The Morgan fingerprint density at radius 3 is 2.63 bits per heavy atom. The van der Waals surface area contributed by atoms with Crippen LogP contribution in [0.5, 0.6) is 0 Å². The van der Waals surface area contributed by atoms with Gasteiger partial charge in [0.2, 0.25) is 0 Å². The minimum atomic E-state index is 0.784. The Balaban J connectivity index is 1.70. The van der Waals surface area contributed by atoms with Crippen LogP contribution in [0.25, 0.3) is 0 Å². The fourth-order valence-corrected chi connectivity index (χ4v) is 2.88. The molecule has 4 heteroatoms. The monoisotopic (exact) mass is 262 g/mol. The zero-order valence-corrected chi connectivity index (χ0v) is 12.0. The number of hydrogen-bond acceptors (Lipinski definition) is 4. The molecule has 1 aromatic heterocycles. The quantitative estimate of drug-likeness (QED) is 0.836. The third kappa shape index (κ3) is 4.90. The molecule has 0 unspecified atom stereocenters. The summed E-state index contributed by atoms with van der Waals surface area (Å²) < 4.78 is 0. The normalized spacial score (nSPS) is 18.1. The molecule has 0 amide bonds. The van der Waals surface area contributed by atoms with Crippen LogP contribution in [0.4, 0.5) is 0 Å². The number of hydrogen-bond donors (Lipinski definition) is 1. The van der Waals surface area contributed by atoms with Crippen molar-refractivity contribution < 1.29 is 0 Å². The van der Waals surface area contributed by atoms with Gasteiger partial charge in [0.25, 0.3) is 0 Å². The van der Waals surface area contributed by atoms with Crippen molar-refractivity contribution in [2.45, 2.75) is 19.4 Å². The Hall–Kier alpha value is -0.970. The van der Waals surface area contributed by atoms with Gasteiger partial charge in [-0.15, -0.1) is 0 Å². The van der Waals surface area contributed by atoms with Gasteiger partial charge < -0.3 is 15.5 Å². The summed E-state index contributed by atoms with van der Waals surface area (Å²) in [5, 5.41) is 0. The highest BCUT2D eigenvalue weighted by molar-refractivity contribution is 5.09. The summed E-state index contributed by atoms with van der Waals surface area (Å²) in [6.45, 7) is 6.48. The Bertz CT molecular complexity index is 346. The van der Waals surface area contributed by atoms with Gasteiger partial charge in [-0.2, -0.15) is 0 Å². The summed E-state index contributed by atoms with van der Waals surface area (Å²) >= 11 is 0. The maximum Gasteiger partial charge on any atom is 0.0271 e. The number of piperidine rings is 1. The van der Waals surface area contributed by atoms with Crippen molar-refractivity contribution in [3.8, 4) is 0 Å². The van der Waals surface area contributed by atoms with Crippen LogP contribution in [0, 0.1) is 5.92 Å². The van der Waals surface area contributed by atoms with E-state index >= 15 is 0 Å². The second-order valence-electron chi connectivity index (χ2n) is 5.63. The van der Waals surface area contributed by atoms with E-state index in [1.54, 1.807) is 0 Å². The van der Waals surface area contributed by atoms with Crippen LogP contribution in [-0.4, -0.2) is 54.6 Å². The summed E-state index contributed by atoms with van der Waals surface area (Å²) in [6.07, 6.45) is 6.35. The molecule has 0 bridgehead atoms. The summed E-state index contributed by atoms with van der Waals surface area (Å²) in [5.74, 6) is 0.834. The number of pyridine rings is 1. The molecule has 2 heterocycles. The maximum absolute atomic E-state index is 5.61. The SMILES string of the molecule is CN(Cc1ccncc1)CC1CCN(CCN)CC1. The van der Waals surface area contributed by atoms with Crippen LogP contribution < -0.4 is 5.73 Å². The van der Waals surface area contributed by atoms with Crippen molar-refractivity contribution >= 4 is 0 Å². The van der Waals surface area contributed by atoms with E-state index in [0.717, 1.165) is 25.6 Å². The first kappa shape index (κ1) is 14.4. The average Bonchev–Trinajstić information content (AvgIpc) is 2.42. The maximum atomic E-state index is 5.61. The highest BCUT2D eigenvalue weighted by Gasteiger charge is 2.19. The number of rotatable bonds is 6. The standard InChI is InChI=1S/C15H26N4/c1-18(12-14-2-7-17-8-3-14)13-15-4-9-19(10-5-15)11-6-16/h2-3,7-8,15H,4-6,9-13,16H2,1H3. The van der Waals surface area contributed by atoms with Gasteiger partial charge >= 0.3 is 0 Å². The molecular formula is C15H26N4. The number of nitrogens with zero attached hydrogens (tertiary/aromatic N) is 3. The van der Waals surface area contributed by atoms with Crippen LogP contribution in [0.3, 0.4) is 0 Å². The van der Waals surface area contributed by atoms with E-state index in [4.69, 9.17) is 5.73 Å². The summed E-state index contributed by atoms with van der Waals surface area (Å²) in [5.41, 5.74) is 6.95. The van der Waals surface area contributed by atoms with Gasteiger partial charge in [-0.3, -0.25) is 4.98 Å². The molecule has 1 aliphatic heterocycles. The zero-order valence-electron chi connectivity index (χ0n) is 12.0. The van der Waals surface area contributed by atoms with Gasteiger partial charge in [-0.05, 0) is 56.6 Å². The molecule has 0 aliphatic carbocycles. The van der Waals surface area contributed by atoms with Crippen LogP contribution in [0.1, 0.15) is 18.4 Å². The summed E-state index contributed by atoms with van der Waals surface area (Å²) in [4.78, 5) is 8.97. The van der Waals surface area contributed by atoms with Crippen LogP contribution in [-0.2, 0) is 6.54 Å². The number of nitrogens with two attached hydrogens (primary N) is 1. The van der Waals surface area contributed by atoms with E-state index in [1.807, 2.05) is 12.4 Å². The van der Waals surface area contributed by atoms with Gasteiger partial charge in [0.05, 0.1) is 0 Å². The van der Waals surface area contributed by atoms with Crippen molar-refractivity contribution in [2.24, 2.45) is 11.7 Å². The second-order valence-corrected chi connectivity index (χ2v) is 5.63. The van der Waals surface area contributed by atoms with Crippen molar-refractivity contribution in [3.05, 3.63) is 30.1 Å². The Morgan fingerprint density at radius 1 is 1.32 bits per heavy atom. The van der Waals surface area contributed by atoms with Gasteiger partial charge in [-0.1, -0.05) is 0 Å². The molecule has 0 atom stereocenters. The van der Waals surface area contributed by atoms with Crippen LogP contribution in [0.15, 0.2) is 24.5 Å². The smallest absolute Gasteiger partial charge is 0.0271 e. The largest absolute Gasteiger partial charge is 0.329 e. The minimum Gasteiger partial charge on any atom is -0.329 e. The summed E-state index contributed by atoms with van der Waals surface area (Å²) in [6, 6.07) is 4.20. The van der Waals surface area contributed by atoms with Gasteiger partial charge in [-0.25, -0.2) is 0 Å². The lowest BCUT2D eigenvalue weighted by molar-refractivity contribution is 0.155.